The van der Waals surface area contributed by atoms with Crippen molar-refractivity contribution >= 4 is 15.9 Å². The standard InChI is InChI=1S/C6H9BrN2O/c1-2-3-4-5-8-9-6(7)10-5/h2-4H2,1H3. The van der Waals surface area contributed by atoms with Crippen LogP contribution in [-0.4, -0.2) is 10.2 Å². The topological polar surface area (TPSA) is 38.9 Å². The summed E-state index contributed by atoms with van der Waals surface area (Å²) in [6, 6.07) is 0. The van der Waals surface area contributed by atoms with Crippen LogP contribution in [0.2, 0.25) is 0 Å². The quantitative estimate of drug-likeness (QED) is 0.758. The van der Waals surface area contributed by atoms with Crippen LogP contribution in [0.1, 0.15) is 25.7 Å². The molecule has 0 aliphatic carbocycles. The third kappa shape index (κ3) is 2.10. The Labute approximate surface area is 68.0 Å². The van der Waals surface area contributed by atoms with Gasteiger partial charge in [-0.25, -0.2) is 0 Å². The lowest BCUT2D eigenvalue weighted by atomic mass is 10.2. The minimum atomic E-state index is 0.471. The molecule has 1 aromatic rings. The third-order valence-electron chi connectivity index (χ3n) is 1.19. The summed E-state index contributed by atoms with van der Waals surface area (Å²) in [7, 11) is 0. The highest BCUT2D eigenvalue weighted by atomic mass is 79.9. The summed E-state index contributed by atoms with van der Waals surface area (Å²) >= 11 is 3.08. The molecular weight excluding hydrogens is 196 g/mol. The first-order valence-electron chi connectivity index (χ1n) is 3.31. The van der Waals surface area contributed by atoms with E-state index >= 15 is 0 Å². The summed E-state index contributed by atoms with van der Waals surface area (Å²) in [5.41, 5.74) is 0. The van der Waals surface area contributed by atoms with Crippen molar-refractivity contribution in [1.82, 2.24) is 10.2 Å². The van der Waals surface area contributed by atoms with Crippen molar-refractivity contribution in [2.45, 2.75) is 26.2 Å². The van der Waals surface area contributed by atoms with Crippen molar-refractivity contribution in [3.63, 3.8) is 0 Å². The number of hydrogen-bond acceptors (Lipinski definition) is 3. The van der Waals surface area contributed by atoms with E-state index in [9.17, 15) is 0 Å². The van der Waals surface area contributed by atoms with E-state index < -0.39 is 0 Å². The van der Waals surface area contributed by atoms with Crippen molar-refractivity contribution in [3.8, 4) is 0 Å². The van der Waals surface area contributed by atoms with E-state index in [1.165, 1.54) is 0 Å². The lowest BCUT2D eigenvalue weighted by Crippen LogP contribution is -1.83. The van der Waals surface area contributed by atoms with E-state index in [2.05, 4.69) is 33.1 Å². The van der Waals surface area contributed by atoms with Crippen molar-refractivity contribution in [1.29, 1.82) is 0 Å². The molecule has 1 heterocycles. The molecule has 0 aliphatic rings. The lowest BCUT2D eigenvalue weighted by molar-refractivity contribution is 0.464. The molecule has 0 bridgehead atoms. The first-order chi connectivity index (χ1) is 4.83. The summed E-state index contributed by atoms with van der Waals surface area (Å²) in [4.78, 5) is 0.471. The molecule has 0 aromatic carbocycles. The van der Waals surface area contributed by atoms with E-state index in [1.54, 1.807) is 0 Å². The number of nitrogens with zero attached hydrogens (tertiary/aromatic N) is 2. The fourth-order valence-corrected chi connectivity index (χ4v) is 0.928. The normalized spacial score (nSPS) is 10.2. The summed E-state index contributed by atoms with van der Waals surface area (Å²) in [6.45, 7) is 2.13. The molecule has 4 heteroatoms. The molecule has 1 rings (SSSR count). The predicted octanol–water partition coefficient (Wildman–Crippen LogP) is 2.17. The predicted molar refractivity (Wildman–Crippen MR) is 40.6 cm³/mol. The van der Waals surface area contributed by atoms with Crippen LogP contribution in [0.15, 0.2) is 9.22 Å². The lowest BCUT2D eigenvalue weighted by Gasteiger charge is -1.87. The van der Waals surface area contributed by atoms with Gasteiger partial charge in [0.15, 0.2) is 0 Å². The number of aryl methyl sites for hydroxylation is 1. The van der Waals surface area contributed by atoms with Gasteiger partial charge in [0.05, 0.1) is 0 Å². The van der Waals surface area contributed by atoms with Crippen molar-refractivity contribution in [2.75, 3.05) is 0 Å². The number of aromatic nitrogens is 2. The van der Waals surface area contributed by atoms with Crippen LogP contribution in [0.3, 0.4) is 0 Å². The van der Waals surface area contributed by atoms with Crippen LogP contribution in [0.25, 0.3) is 0 Å². The number of halogens is 1. The van der Waals surface area contributed by atoms with E-state index in [0.29, 0.717) is 10.7 Å². The van der Waals surface area contributed by atoms with Crippen LogP contribution in [-0.2, 0) is 6.42 Å². The molecule has 0 aliphatic heterocycles. The Morgan fingerprint density at radius 3 is 2.80 bits per heavy atom. The van der Waals surface area contributed by atoms with E-state index in [1.807, 2.05) is 0 Å². The highest BCUT2D eigenvalue weighted by molar-refractivity contribution is 9.10. The third-order valence-corrected chi connectivity index (χ3v) is 1.51. The Balaban J connectivity index is 2.42. The van der Waals surface area contributed by atoms with Crippen molar-refractivity contribution in [3.05, 3.63) is 10.7 Å². The van der Waals surface area contributed by atoms with Gasteiger partial charge in [-0.05, 0) is 6.42 Å². The Hall–Kier alpha value is -0.380. The van der Waals surface area contributed by atoms with Crippen LogP contribution >= 0.6 is 15.9 Å². The minimum absolute atomic E-state index is 0.471. The SMILES string of the molecule is CCCCc1nnc(Br)o1. The van der Waals surface area contributed by atoms with Gasteiger partial charge in [-0.15, -0.1) is 10.2 Å². The van der Waals surface area contributed by atoms with Crippen LogP contribution in [0.5, 0.6) is 0 Å². The van der Waals surface area contributed by atoms with Crippen LogP contribution in [0, 0.1) is 0 Å². The molecule has 0 saturated carbocycles. The number of unbranched alkanes of at least 4 members (excludes halogenated alkanes) is 1. The zero-order valence-electron chi connectivity index (χ0n) is 5.80. The minimum Gasteiger partial charge on any atom is -0.416 e. The Bertz CT molecular complexity index is 199. The van der Waals surface area contributed by atoms with Crippen LogP contribution < -0.4 is 0 Å². The Kier molecular flexibility index (Phi) is 2.86. The molecule has 0 unspecified atom stereocenters. The molecule has 10 heavy (non-hydrogen) atoms. The molecule has 56 valence electrons. The molecule has 3 nitrogen and oxygen atoms in total. The van der Waals surface area contributed by atoms with Gasteiger partial charge in [-0.2, -0.15) is 0 Å². The van der Waals surface area contributed by atoms with Gasteiger partial charge >= 0.3 is 0 Å². The molecule has 0 radical (unpaired) electrons. The smallest absolute Gasteiger partial charge is 0.284 e. The van der Waals surface area contributed by atoms with E-state index in [0.717, 1.165) is 19.3 Å². The Morgan fingerprint density at radius 2 is 2.30 bits per heavy atom. The zero-order chi connectivity index (χ0) is 7.40. The van der Waals surface area contributed by atoms with E-state index in [-0.39, 0.29) is 0 Å². The molecular formula is C6H9BrN2O. The maximum absolute atomic E-state index is 5.08. The van der Waals surface area contributed by atoms with Gasteiger partial charge < -0.3 is 4.42 Å². The van der Waals surface area contributed by atoms with E-state index in [4.69, 9.17) is 4.42 Å². The molecule has 0 fully saturated rings. The second-order valence-electron chi connectivity index (χ2n) is 2.05. The highest BCUT2D eigenvalue weighted by Gasteiger charge is 2.00. The molecule has 0 amide bonds. The molecule has 0 saturated heterocycles. The Morgan fingerprint density at radius 1 is 1.50 bits per heavy atom. The second-order valence-corrected chi connectivity index (χ2v) is 2.73. The average Bonchev–Trinajstić information content (AvgIpc) is 2.31. The molecule has 1 aromatic heterocycles. The fourth-order valence-electron chi connectivity index (χ4n) is 0.662. The number of hydrogen-bond donors (Lipinski definition) is 0. The van der Waals surface area contributed by atoms with Gasteiger partial charge in [0.1, 0.15) is 0 Å². The maximum Gasteiger partial charge on any atom is 0.284 e. The fraction of sp³-hybridized carbons (Fsp3) is 0.667. The summed E-state index contributed by atoms with van der Waals surface area (Å²) < 4.78 is 5.08. The molecule has 0 N–H and O–H groups in total. The van der Waals surface area contributed by atoms with Gasteiger partial charge in [-0.1, -0.05) is 13.3 Å². The number of rotatable bonds is 3. The largest absolute Gasteiger partial charge is 0.416 e. The summed E-state index contributed by atoms with van der Waals surface area (Å²) in [5, 5.41) is 7.46. The first kappa shape index (κ1) is 7.72. The monoisotopic (exact) mass is 204 g/mol. The van der Waals surface area contributed by atoms with Gasteiger partial charge in [0.2, 0.25) is 5.89 Å². The van der Waals surface area contributed by atoms with Crippen molar-refractivity contribution in [2.24, 2.45) is 0 Å². The summed E-state index contributed by atoms with van der Waals surface area (Å²) in [5.74, 6) is 0.716. The van der Waals surface area contributed by atoms with Gasteiger partial charge in [-0.3, -0.25) is 0 Å². The zero-order valence-corrected chi connectivity index (χ0v) is 7.39. The highest BCUT2D eigenvalue weighted by Crippen LogP contribution is 2.08. The van der Waals surface area contributed by atoms with Gasteiger partial charge in [0, 0.05) is 22.4 Å². The van der Waals surface area contributed by atoms with Gasteiger partial charge in [0.25, 0.3) is 4.80 Å². The molecule has 0 atom stereocenters. The molecule has 0 spiro atoms. The summed E-state index contributed by atoms with van der Waals surface area (Å²) in [6.07, 6.45) is 3.14. The van der Waals surface area contributed by atoms with Crippen molar-refractivity contribution < 1.29 is 4.42 Å². The average molecular weight is 205 g/mol. The maximum atomic E-state index is 5.08. The van der Waals surface area contributed by atoms with Crippen LogP contribution in [0.4, 0.5) is 0 Å². The first-order valence-corrected chi connectivity index (χ1v) is 4.10. The second kappa shape index (κ2) is 3.71.